The van der Waals surface area contributed by atoms with Crippen molar-refractivity contribution in [2.75, 3.05) is 6.54 Å². The summed E-state index contributed by atoms with van der Waals surface area (Å²) < 4.78 is 0. The van der Waals surface area contributed by atoms with Gasteiger partial charge >= 0.3 is 5.97 Å². The Balaban J connectivity index is 2.29. The highest BCUT2D eigenvalue weighted by Gasteiger charge is 2.46. The minimum atomic E-state index is -1.09. The minimum absolute atomic E-state index is 0.263. The van der Waals surface area contributed by atoms with Gasteiger partial charge in [-0.05, 0) is 31.9 Å². The molecule has 90 valence electrons. The molecule has 1 saturated heterocycles. The molecule has 2 rings (SSSR count). The molecule has 0 saturated carbocycles. The van der Waals surface area contributed by atoms with Crippen LogP contribution in [0.2, 0.25) is 0 Å². The lowest BCUT2D eigenvalue weighted by Gasteiger charge is -2.31. The fraction of sp³-hybridized carbons (Fsp3) is 0.417. The zero-order valence-corrected chi connectivity index (χ0v) is 9.59. The molecule has 1 atom stereocenters. The van der Waals surface area contributed by atoms with Crippen molar-refractivity contribution in [2.45, 2.75) is 25.3 Å². The van der Waals surface area contributed by atoms with Gasteiger partial charge in [-0.1, -0.05) is 0 Å². The predicted octanol–water partition coefficient (Wildman–Crippen LogP) is 1.16. The first kappa shape index (κ1) is 11.6. The number of pyridine rings is 1. The Morgan fingerprint density at radius 1 is 1.53 bits per heavy atom. The summed E-state index contributed by atoms with van der Waals surface area (Å²) in [5, 5.41) is 9.23. The maximum Gasteiger partial charge on any atom is 0.329 e. The van der Waals surface area contributed by atoms with E-state index in [0.29, 0.717) is 18.5 Å². The van der Waals surface area contributed by atoms with Gasteiger partial charge in [0.05, 0.1) is 5.56 Å². The number of rotatable bonds is 2. The van der Waals surface area contributed by atoms with Crippen molar-refractivity contribution in [3.63, 3.8) is 0 Å². The Morgan fingerprint density at radius 3 is 2.88 bits per heavy atom. The van der Waals surface area contributed by atoms with E-state index in [0.717, 1.165) is 6.42 Å². The first-order valence-electron chi connectivity index (χ1n) is 5.51. The molecule has 1 fully saturated rings. The predicted molar refractivity (Wildman–Crippen MR) is 60.5 cm³/mol. The van der Waals surface area contributed by atoms with Crippen molar-refractivity contribution in [3.05, 3.63) is 30.1 Å². The molecule has 0 bridgehead atoms. The molecule has 1 unspecified atom stereocenters. The summed E-state index contributed by atoms with van der Waals surface area (Å²) in [5.74, 6) is -1.22. The van der Waals surface area contributed by atoms with Gasteiger partial charge in [-0.25, -0.2) is 4.79 Å². The SMILES string of the molecule is CC1(C(=O)O)CCCN1C(=O)c1cccnc1. The van der Waals surface area contributed by atoms with Gasteiger partial charge in [-0.15, -0.1) is 0 Å². The van der Waals surface area contributed by atoms with Gasteiger partial charge in [0.15, 0.2) is 0 Å². The standard InChI is InChI=1S/C12H14N2O3/c1-12(11(16)17)5-3-7-14(12)10(15)9-4-2-6-13-8-9/h2,4,6,8H,3,5,7H2,1H3,(H,16,17). The lowest BCUT2D eigenvalue weighted by atomic mass is 9.99. The van der Waals surface area contributed by atoms with Crippen LogP contribution >= 0.6 is 0 Å². The lowest BCUT2D eigenvalue weighted by Crippen LogP contribution is -2.50. The zero-order valence-electron chi connectivity index (χ0n) is 9.59. The molecule has 0 spiro atoms. The highest BCUT2D eigenvalue weighted by atomic mass is 16.4. The second kappa shape index (κ2) is 4.16. The molecule has 1 aliphatic rings. The van der Waals surface area contributed by atoms with E-state index in [1.54, 1.807) is 25.3 Å². The van der Waals surface area contributed by atoms with Gasteiger partial charge in [0.2, 0.25) is 0 Å². The van der Waals surface area contributed by atoms with E-state index in [-0.39, 0.29) is 5.91 Å². The third-order valence-electron chi connectivity index (χ3n) is 3.26. The molecule has 1 aliphatic heterocycles. The number of likely N-dealkylation sites (tertiary alicyclic amines) is 1. The van der Waals surface area contributed by atoms with Gasteiger partial charge in [0.1, 0.15) is 5.54 Å². The van der Waals surface area contributed by atoms with Crippen LogP contribution in [0.1, 0.15) is 30.1 Å². The molecular formula is C12H14N2O3. The van der Waals surface area contributed by atoms with Gasteiger partial charge in [-0.2, -0.15) is 0 Å². The van der Waals surface area contributed by atoms with Crippen LogP contribution in [0.15, 0.2) is 24.5 Å². The summed E-state index contributed by atoms with van der Waals surface area (Å²) in [6, 6.07) is 3.32. The van der Waals surface area contributed by atoms with Crippen molar-refractivity contribution in [1.29, 1.82) is 0 Å². The van der Waals surface area contributed by atoms with Crippen LogP contribution < -0.4 is 0 Å². The third-order valence-corrected chi connectivity index (χ3v) is 3.26. The molecule has 17 heavy (non-hydrogen) atoms. The normalized spacial score (nSPS) is 23.7. The number of carboxylic acids is 1. The van der Waals surface area contributed by atoms with Crippen molar-refractivity contribution < 1.29 is 14.7 Å². The Hall–Kier alpha value is -1.91. The van der Waals surface area contributed by atoms with Crippen LogP contribution in [-0.4, -0.2) is 39.0 Å². The minimum Gasteiger partial charge on any atom is -0.480 e. The molecule has 5 nitrogen and oxygen atoms in total. The number of carbonyl (C=O) groups is 2. The van der Waals surface area contributed by atoms with E-state index in [1.165, 1.54) is 11.1 Å². The Bertz CT molecular complexity index is 446. The number of amides is 1. The number of carbonyl (C=O) groups excluding carboxylic acids is 1. The molecule has 0 aromatic carbocycles. The van der Waals surface area contributed by atoms with Crippen LogP contribution in [-0.2, 0) is 4.79 Å². The molecule has 1 aromatic rings. The Labute approximate surface area is 99.1 Å². The largest absolute Gasteiger partial charge is 0.480 e. The van der Waals surface area contributed by atoms with Gasteiger partial charge in [0, 0.05) is 18.9 Å². The summed E-state index contributed by atoms with van der Waals surface area (Å²) in [6.45, 7) is 2.08. The van der Waals surface area contributed by atoms with Crippen molar-refractivity contribution in [3.8, 4) is 0 Å². The number of carboxylic acid groups (broad SMARTS) is 1. The van der Waals surface area contributed by atoms with Crippen molar-refractivity contribution in [2.24, 2.45) is 0 Å². The summed E-state index contributed by atoms with van der Waals surface area (Å²) >= 11 is 0. The Morgan fingerprint density at radius 2 is 2.29 bits per heavy atom. The maximum atomic E-state index is 12.2. The average molecular weight is 234 g/mol. The first-order valence-corrected chi connectivity index (χ1v) is 5.51. The van der Waals surface area contributed by atoms with Crippen LogP contribution in [0.4, 0.5) is 0 Å². The lowest BCUT2D eigenvalue weighted by molar-refractivity contribution is -0.147. The van der Waals surface area contributed by atoms with Crippen LogP contribution in [0, 0.1) is 0 Å². The molecule has 1 amide bonds. The topological polar surface area (TPSA) is 70.5 Å². The number of aliphatic carboxylic acids is 1. The fourth-order valence-corrected chi connectivity index (χ4v) is 2.16. The van der Waals surface area contributed by atoms with Gasteiger partial charge in [-0.3, -0.25) is 9.78 Å². The van der Waals surface area contributed by atoms with Crippen LogP contribution in [0.3, 0.4) is 0 Å². The second-order valence-corrected chi connectivity index (χ2v) is 4.38. The van der Waals surface area contributed by atoms with E-state index in [1.807, 2.05) is 0 Å². The van der Waals surface area contributed by atoms with Crippen molar-refractivity contribution in [1.82, 2.24) is 9.88 Å². The van der Waals surface area contributed by atoms with Crippen LogP contribution in [0.25, 0.3) is 0 Å². The van der Waals surface area contributed by atoms with E-state index < -0.39 is 11.5 Å². The van der Waals surface area contributed by atoms with Gasteiger partial charge in [0.25, 0.3) is 5.91 Å². The molecule has 2 heterocycles. The van der Waals surface area contributed by atoms with E-state index in [9.17, 15) is 14.7 Å². The monoisotopic (exact) mass is 234 g/mol. The second-order valence-electron chi connectivity index (χ2n) is 4.38. The highest BCUT2D eigenvalue weighted by molar-refractivity contribution is 5.97. The molecule has 5 heteroatoms. The molecule has 0 aliphatic carbocycles. The first-order chi connectivity index (χ1) is 8.05. The quantitative estimate of drug-likeness (QED) is 0.833. The maximum absolute atomic E-state index is 12.2. The third kappa shape index (κ3) is 1.88. The number of aromatic nitrogens is 1. The number of hydrogen-bond acceptors (Lipinski definition) is 3. The molecule has 0 radical (unpaired) electrons. The van der Waals surface area contributed by atoms with Crippen LogP contribution in [0.5, 0.6) is 0 Å². The average Bonchev–Trinajstić information content (AvgIpc) is 2.73. The molecular weight excluding hydrogens is 220 g/mol. The summed E-state index contributed by atoms with van der Waals surface area (Å²) in [5.41, 5.74) is -0.658. The fourth-order valence-electron chi connectivity index (χ4n) is 2.16. The summed E-state index contributed by atoms with van der Waals surface area (Å²) in [7, 11) is 0. The smallest absolute Gasteiger partial charge is 0.329 e. The van der Waals surface area contributed by atoms with Gasteiger partial charge < -0.3 is 10.0 Å². The molecule has 1 N–H and O–H groups in total. The summed E-state index contributed by atoms with van der Waals surface area (Å²) in [4.78, 5) is 28.7. The highest BCUT2D eigenvalue weighted by Crippen LogP contribution is 2.30. The molecule has 1 aromatic heterocycles. The van der Waals surface area contributed by atoms with E-state index in [2.05, 4.69) is 4.98 Å². The van der Waals surface area contributed by atoms with E-state index in [4.69, 9.17) is 0 Å². The zero-order chi connectivity index (χ0) is 12.5. The van der Waals surface area contributed by atoms with Crippen molar-refractivity contribution >= 4 is 11.9 Å². The summed E-state index contributed by atoms with van der Waals surface area (Å²) in [6.07, 6.45) is 4.25. The van der Waals surface area contributed by atoms with E-state index >= 15 is 0 Å². The number of nitrogens with zero attached hydrogens (tertiary/aromatic N) is 2. The number of hydrogen-bond donors (Lipinski definition) is 1. The Kier molecular flexibility index (Phi) is 2.83.